The van der Waals surface area contributed by atoms with E-state index in [1.165, 1.54) is 0 Å². The van der Waals surface area contributed by atoms with Crippen LogP contribution >= 0.6 is 0 Å². The van der Waals surface area contributed by atoms with E-state index in [1.807, 2.05) is 30.1 Å². The van der Waals surface area contributed by atoms with E-state index in [1.54, 1.807) is 6.20 Å². The fraction of sp³-hybridized carbons (Fsp3) is 0.500. The van der Waals surface area contributed by atoms with Crippen LogP contribution < -0.4 is 0 Å². The lowest BCUT2D eigenvalue weighted by molar-refractivity contribution is 0.186. The molecule has 4 rings (SSSR count). The van der Waals surface area contributed by atoms with Crippen LogP contribution in [0.25, 0.3) is 0 Å². The number of aryl methyl sites for hydroxylation is 1. The number of rotatable bonds is 5. The van der Waals surface area contributed by atoms with Crippen LogP contribution in [0.5, 0.6) is 0 Å². The standard InChI is InChI=1S/C18H24N6O/c1-14-3-4-16(25-14)11-23-8-5-15(6-9-23)18-21-20-17(22(18)2)12-24-10-7-19-13-24/h3-4,7,10,13,15H,5-6,8-9,11-12H2,1-2H3. The third-order valence-electron chi connectivity index (χ3n) is 5.01. The molecule has 0 radical (unpaired) electrons. The predicted molar refractivity (Wildman–Crippen MR) is 93.0 cm³/mol. The molecule has 1 saturated heterocycles. The summed E-state index contributed by atoms with van der Waals surface area (Å²) in [5.41, 5.74) is 0. The molecule has 25 heavy (non-hydrogen) atoms. The van der Waals surface area contributed by atoms with Crippen molar-refractivity contribution in [2.45, 2.75) is 38.8 Å². The molecule has 0 bridgehead atoms. The topological polar surface area (TPSA) is 64.9 Å². The summed E-state index contributed by atoms with van der Waals surface area (Å²) in [5.74, 6) is 4.58. The highest BCUT2D eigenvalue weighted by Crippen LogP contribution is 2.27. The zero-order valence-corrected chi connectivity index (χ0v) is 14.8. The van der Waals surface area contributed by atoms with Gasteiger partial charge in [-0.2, -0.15) is 0 Å². The van der Waals surface area contributed by atoms with Gasteiger partial charge in [-0.3, -0.25) is 4.90 Å². The number of furan rings is 1. The van der Waals surface area contributed by atoms with Crippen molar-refractivity contribution in [3.8, 4) is 0 Å². The Hall–Kier alpha value is -2.41. The van der Waals surface area contributed by atoms with Crippen molar-refractivity contribution in [1.29, 1.82) is 0 Å². The summed E-state index contributed by atoms with van der Waals surface area (Å²) < 4.78 is 9.86. The third-order valence-corrected chi connectivity index (χ3v) is 5.01. The van der Waals surface area contributed by atoms with Crippen LogP contribution in [-0.2, 0) is 20.1 Å². The molecular weight excluding hydrogens is 316 g/mol. The Kier molecular flexibility index (Phi) is 4.40. The van der Waals surface area contributed by atoms with E-state index in [-0.39, 0.29) is 0 Å². The number of likely N-dealkylation sites (tertiary alicyclic amines) is 1. The van der Waals surface area contributed by atoms with Gasteiger partial charge in [-0.1, -0.05) is 0 Å². The number of nitrogens with zero attached hydrogens (tertiary/aromatic N) is 6. The maximum absolute atomic E-state index is 5.69. The fourth-order valence-electron chi connectivity index (χ4n) is 3.55. The van der Waals surface area contributed by atoms with Gasteiger partial charge in [-0.15, -0.1) is 10.2 Å². The molecule has 1 aliphatic rings. The van der Waals surface area contributed by atoms with Crippen molar-refractivity contribution in [3.05, 3.63) is 54.0 Å². The molecule has 0 N–H and O–H groups in total. The van der Waals surface area contributed by atoms with Crippen LogP contribution in [0, 0.1) is 6.92 Å². The molecule has 1 fully saturated rings. The Morgan fingerprint density at radius 1 is 1.16 bits per heavy atom. The second-order valence-electron chi connectivity index (χ2n) is 6.83. The second kappa shape index (κ2) is 6.84. The summed E-state index contributed by atoms with van der Waals surface area (Å²) in [4.78, 5) is 6.54. The Morgan fingerprint density at radius 2 is 2.00 bits per heavy atom. The largest absolute Gasteiger partial charge is 0.465 e. The van der Waals surface area contributed by atoms with E-state index in [0.717, 1.165) is 55.6 Å². The molecule has 0 saturated carbocycles. The first-order chi connectivity index (χ1) is 12.2. The summed E-state index contributed by atoms with van der Waals surface area (Å²) in [5, 5.41) is 8.87. The SMILES string of the molecule is Cc1ccc(CN2CCC(c3nnc(Cn4ccnc4)n3C)CC2)o1. The maximum Gasteiger partial charge on any atom is 0.152 e. The monoisotopic (exact) mass is 340 g/mol. The summed E-state index contributed by atoms with van der Waals surface area (Å²) in [6.45, 7) is 5.72. The summed E-state index contributed by atoms with van der Waals surface area (Å²) in [6, 6.07) is 4.11. The van der Waals surface area contributed by atoms with Gasteiger partial charge in [0.15, 0.2) is 5.82 Å². The number of imidazole rings is 1. The zero-order valence-electron chi connectivity index (χ0n) is 14.8. The lowest BCUT2D eigenvalue weighted by Gasteiger charge is -2.30. The molecule has 0 amide bonds. The average Bonchev–Trinajstić information content (AvgIpc) is 3.33. The minimum atomic E-state index is 0.476. The van der Waals surface area contributed by atoms with Gasteiger partial charge in [-0.25, -0.2) is 4.98 Å². The molecule has 0 aromatic carbocycles. The molecule has 3 aromatic heterocycles. The van der Waals surface area contributed by atoms with Gasteiger partial charge in [-0.05, 0) is 45.0 Å². The lowest BCUT2D eigenvalue weighted by Crippen LogP contribution is -2.33. The van der Waals surface area contributed by atoms with E-state index in [0.29, 0.717) is 12.5 Å². The van der Waals surface area contributed by atoms with E-state index in [4.69, 9.17) is 4.42 Å². The Balaban J connectivity index is 1.37. The summed E-state index contributed by atoms with van der Waals surface area (Å²) in [7, 11) is 2.07. The highest BCUT2D eigenvalue weighted by atomic mass is 16.3. The van der Waals surface area contributed by atoms with Crippen LogP contribution in [0.4, 0.5) is 0 Å². The van der Waals surface area contributed by atoms with E-state index in [9.17, 15) is 0 Å². The molecule has 0 atom stereocenters. The van der Waals surface area contributed by atoms with Crippen molar-refractivity contribution >= 4 is 0 Å². The Morgan fingerprint density at radius 3 is 2.68 bits per heavy atom. The van der Waals surface area contributed by atoms with Gasteiger partial charge in [0.1, 0.15) is 17.3 Å². The molecule has 0 spiro atoms. The van der Waals surface area contributed by atoms with Gasteiger partial charge in [0, 0.05) is 25.4 Å². The molecule has 7 heteroatoms. The van der Waals surface area contributed by atoms with Crippen molar-refractivity contribution in [1.82, 2.24) is 29.2 Å². The second-order valence-corrected chi connectivity index (χ2v) is 6.83. The van der Waals surface area contributed by atoms with Crippen molar-refractivity contribution in [2.24, 2.45) is 7.05 Å². The smallest absolute Gasteiger partial charge is 0.152 e. The Labute approximate surface area is 147 Å². The highest BCUT2D eigenvalue weighted by molar-refractivity contribution is 5.07. The van der Waals surface area contributed by atoms with Crippen molar-refractivity contribution < 1.29 is 4.42 Å². The van der Waals surface area contributed by atoms with E-state index < -0.39 is 0 Å². The number of piperidine rings is 1. The fourth-order valence-corrected chi connectivity index (χ4v) is 3.55. The Bertz CT molecular complexity index is 811. The first kappa shape index (κ1) is 16.1. The number of hydrogen-bond acceptors (Lipinski definition) is 5. The lowest BCUT2D eigenvalue weighted by atomic mass is 9.96. The van der Waals surface area contributed by atoms with Crippen LogP contribution in [0.3, 0.4) is 0 Å². The van der Waals surface area contributed by atoms with Gasteiger partial charge >= 0.3 is 0 Å². The first-order valence-electron chi connectivity index (χ1n) is 8.80. The summed E-state index contributed by atoms with van der Waals surface area (Å²) in [6.07, 6.45) is 7.76. The predicted octanol–water partition coefficient (Wildman–Crippen LogP) is 2.34. The molecule has 3 aromatic rings. The molecule has 0 unspecified atom stereocenters. The number of hydrogen-bond donors (Lipinski definition) is 0. The van der Waals surface area contributed by atoms with Gasteiger partial charge < -0.3 is 13.6 Å². The number of aromatic nitrogens is 5. The van der Waals surface area contributed by atoms with Gasteiger partial charge in [0.05, 0.1) is 19.4 Å². The molecule has 7 nitrogen and oxygen atoms in total. The third kappa shape index (κ3) is 3.51. The summed E-state index contributed by atoms with van der Waals surface area (Å²) >= 11 is 0. The van der Waals surface area contributed by atoms with Crippen LogP contribution in [0.2, 0.25) is 0 Å². The van der Waals surface area contributed by atoms with E-state index in [2.05, 4.69) is 37.8 Å². The van der Waals surface area contributed by atoms with Gasteiger partial charge in [0.2, 0.25) is 0 Å². The molecule has 4 heterocycles. The molecule has 0 aliphatic carbocycles. The molecule has 1 aliphatic heterocycles. The van der Waals surface area contributed by atoms with E-state index >= 15 is 0 Å². The zero-order chi connectivity index (χ0) is 17.2. The quantitative estimate of drug-likeness (QED) is 0.713. The highest BCUT2D eigenvalue weighted by Gasteiger charge is 2.25. The minimum Gasteiger partial charge on any atom is -0.465 e. The van der Waals surface area contributed by atoms with Crippen LogP contribution in [0.1, 0.15) is 41.9 Å². The van der Waals surface area contributed by atoms with Crippen LogP contribution in [0.15, 0.2) is 35.3 Å². The van der Waals surface area contributed by atoms with Gasteiger partial charge in [0.25, 0.3) is 0 Å². The normalized spacial score (nSPS) is 16.6. The first-order valence-corrected chi connectivity index (χ1v) is 8.80. The molecule has 132 valence electrons. The maximum atomic E-state index is 5.69. The van der Waals surface area contributed by atoms with Crippen molar-refractivity contribution in [3.63, 3.8) is 0 Å². The van der Waals surface area contributed by atoms with Crippen LogP contribution in [-0.4, -0.2) is 42.3 Å². The van der Waals surface area contributed by atoms with Crippen molar-refractivity contribution in [2.75, 3.05) is 13.1 Å². The molecular formula is C18H24N6O. The average molecular weight is 340 g/mol. The minimum absolute atomic E-state index is 0.476.